The Hall–Kier alpha value is -2.24. The molecule has 0 bridgehead atoms. The van der Waals surface area contributed by atoms with Gasteiger partial charge in [0.05, 0.1) is 14.2 Å². The van der Waals surface area contributed by atoms with Crippen LogP contribution in [0.25, 0.3) is 11.5 Å². The van der Waals surface area contributed by atoms with Gasteiger partial charge in [-0.05, 0) is 12.1 Å². The normalized spacial score (nSPS) is 10.1. The SMILES string of the molecule is COc1cc(N)cc(-c2nnc(OC)o2)c1. The summed E-state index contributed by atoms with van der Waals surface area (Å²) in [5.74, 6) is 0.967. The van der Waals surface area contributed by atoms with Crippen LogP contribution in [0.15, 0.2) is 22.6 Å². The van der Waals surface area contributed by atoms with E-state index in [9.17, 15) is 0 Å². The van der Waals surface area contributed by atoms with Crippen molar-refractivity contribution in [2.75, 3.05) is 20.0 Å². The van der Waals surface area contributed by atoms with Crippen molar-refractivity contribution in [2.24, 2.45) is 0 Å². The fourth-order valence-corrected chi connectivity index (χ4v) is 1.27. The third-order valence-corrected chi connectivity index (χ3v) is 1.99. The highest BCUT2D eigenvalue weighted by molar-refractivity contribution is 5.63. The van der Waals surface area contributed by atoms with Crippen LogP contribution >= 0.6 is 0 Å². The van der Waals surface area contributed by atoms with E-state index >= 15 is 0 Å². The van der Waals surface area contributed by atoms with Gasteiger partial charge in [0.2, 0.25) is 0 Å². The van der Waals surface area contributed by atoms with E-state index in [2.05, 4.69) is 10.2 Å². The molecule has 0 saturated carbocycles. The minimum absolute atomic E-state index is 0.108. The van der Waals surface area contributed by atoms with E-state index in [0.717, 1.165) is 0 Å². The number of aromatic nitrogens is 2. The van der Waals surface area contributed by atoms with Crippen LogP contribution < -0.4 is 15.2 Å². The van der Waals surface area contributed by atoms with Crippen LogP contribution in [0, 0.1) is 0 Å². The Kier molecular flexibility index (Phi) is 2.63. The van der Waals surface area contributed by atoms with Gasteiger partial charge in [-0.15, -0.1) is 5.10 Å². The molecule has 0 spiro atoms. The number of anilines is 1. The third kappa shape index (κ3) is 1.90. The lowest BCUT2D eigenvalue weighted by Gasteiger charge is -2.03. The molecular formula is C10H11N3O3. The van der Waals surface area contributed by atoms with Gasteiger partial charge < -0.3 is 19.6 Å². The molecule has 0 aliphatic rings. The van der Waals surface area contributed by atoms with Crippen molar-refractivity contribution in [1.29, 1.82) is 0 Å². The number of methoxy groups -OCH3 is 2. The van der Waals surface area contributed by atoms with Gasteiger partial charge in [0.15, 0.2) is 0 Å². The van der Waals surface area contributed by atoms with Gasteiger partial charge in [-0.3, -0.25) is 0 Å². The monoisotopic (exact) mass is 221 g/mol. The molecule has 1 aromatic heterocycles. The predicted molar refractivity (Wildman–Crippen MR) is 57.3 cm³/mol. The second-order valence-corrected chi connectivity index (χ2v) is 3.07. The first kappa shape index (κ1) is 10.3. The molecule has 2 N–H and O–H groups in total. The first-order chi connectivity index (χ1) is 7.72. The van der Waals surface area contributed by atoms with Crippen molar-refractivity contribution in [3.63, 3.8) is 0 Å². The number of nitrogen functional groups attached to an aromatic ring is 1. The summed E-state index contributed by atoms with van der Waals surface area (Å²) in [4.78, 5) is 0. The maximum Gasteiger partial charge on any atom is 0.414 e. The summed E-state index contributed by atoms with van der Waals surface area (Å²) in [5.41, 5.74) is 6.96. The van der Waals surface area contributed by atoms with Crippen molar-refractivity contribution in [2.45, 2.75) is 0 Å². The molecule has 0 aliphatic heterocycles. The zero-order chi connectivity index (χ0) is 11.5. The Balaban J connectivity index is 2.42. The Morgan fingerprint density at radius 1 is 1.12 bits per heavy atom. The molecule has 0 fully saturated rings. The smallest absolute Gasteiger partial charge is 0.414 e. The second-order valence-electron chi connectivity index (χ2n) is 3.07. The predicted octanol–water partition coefficient (Wildman–Crippen LogP) is 1.34. The molecule has 84 valence electrons. The van der Waals surface area contributed by atoms with Crippen molar-refractivity contribution in [3.05, 3.63) is 18.2 Å². The summed E-state index contributed by atoms with van der Waals surface area (Å²) in [6.07, 6.45) is 0.108. The minimum Gasteiger partial charge on any atom is -0.497 e. The molecule has 0 saturated heterocycles. The van der Waals surface area contributed by atoms with Crippen molar-refractivity contribution in [3.8, 4) is 23.3 Å². The summed E-state index contributed by atoms with van der Waals surface area (Å²) >= 11 is 0. The molecule has 0 atom stereocenters. The first-order valence-electron chi connectivity index (χ1n) is 4.55. The molecule has 1 heterocycles. The lowest BCUT2D eigenvalue weighted by atomic mass is 10.2. The lowest BCUT2D eigenvalue weighted by Crippen LogP contribution is -1.90. The summed E-state index contributed by atoms with van der Waals surface area (Å²) in [7, 11) is 3.02. The van der Waals surface area contributed by atoms with Crippen LogP contribution in [0.2, 0.25) is 0 Å². The van der Waals surface area contributed by atoms with Gasteiger partial charge in [-0.2, -0.15) is 0 Å². The lowest BCUT2D eigenvalue weighted by molar-refractivity contribution is 0.293. The highest BCUT2D eigenvalue weighted by atomic mass is 16.6. The molecule has 0 amide bonds. The number of hydrogen-bond acceptors (Lipinski definition) is 6. The Labute approximate surface area is 92.0 Å². The van der Waals surface area contributed by atoms with Gasteiger partial charge in [0, 0.05) is 17.3 Å². The average molecular weight is 221 g/mol. The summed E-state index contributed by atoms with van der Waals surface area (Å²) in [6.45, 7) is 0. The molecule has 6 heteroatoms. The molecule has 2 rings (SSSR count). The van der Waals surface area contributed by atoms with E-state index in [1.54, 1.807) is 25.3 Å². The van der Waals surface area contributed by atoms with Crippen LogP contribution in [-0.2, 0) is 0 Å². The Morgan fingerprint density at radius 3 is 2.56 bits per heavy atom. The molecular weight excluding hydrogens is 210 g/mol. The van der Waals surface area contributed by atoms with E-state index in [0.29, 0.717) is 22.9 Å². The van der Waals surface area contributed by atoms with E-state index in [1.165, 1.54) is 7.11 Å². The van der Waals surface area contributed by atoms with Crippen molar-refractivity contribution in [1.82, 2.24) is 10.2 Å². The van der Waals surface area contributed by atoms with Gasteiger partial charge in [-0.25, -0.2) is 0 Å². The minimum atomic E-state index is 0.108. The van der Waals surface area contributed by atoms with Crippen LogP contribution in [-0.4, -0.2) is 24.4 Å². The molecule has 0 radical (unpaired) electrons. The highest BCUT2D eigenvalue weighted by Gasteiger charge is 2.10. The maximum absolute atomic E-state index is 5.71. The van der Waals surface area contributed by atoms with Crippen LogP contribution in [0.5, 0.6) is 11.8 Å². The van der Waals surface area contributed by atoms with E-state index in [-0.39, 0.29) is 6.08 Å². The van der Waals surface area contributed by atoms with Gasteiger partial charge in [0.1, 0.15) is 5.75 Å². The maximum atomic E-state index is 5.71. The highest BCUT2D eigenvalue weighted by Crippen LogP contribution is 2.27. The number of rotatable bonds is 3. The van der Waals surface area contributed by atoms with E-state index in [4.69, 9.17) is 19.6 Å². The van der Waals surface area contributed by atoms with E-state index in [1.807, 2.05) is 0 Å². The fraction of sp³-hybridized carbons (Fsp3) is 0.200. The molecule has 2 aromatic rings. The summed E-state index contributed by atoms with van der Waals surface area (Å²) in [5, 5.41) is 7.50. The van der Waals surface area contributed by atoms with Gasteiger partial charge in [-0.1, -0.05) is 5.10 Å². The van der Waals surface area contributed by atoms with Crippen molar-refractivity contribution < 1.29 is 13.9 Å². The van der Waals surface area contributed by atoms with Gasteiger partial charge >= 0.3 is 6.08 Å². The van der Waals surface area contributed by atoms with Crippen molar-refractivity contribution >= 4 is 5.69 Å². The average Bonchev–Trinajstić information content (AvgIpc) is 2.76. The number of nitrogens with two attached hydrogens (primary N) is 1. The van der Waals surface area contributed by atoms with Crippen LogP contribution in [0.3, 0.4) is 0 Å². The second kappa shape index (κ2) is 4.09. The molecule has 0 unspecified atom stereocenters. The summed E-state index contributed by atoms with van der Waals surface area (Å²) < 4.78 is 15.1. The molecule has 6 nitrogen and oxygen atoms in total. The fourth-order valence-electron chi connectivity index (χ4n) is 1.27. The number of hydrogen-bond donors (Lipinski definition) is 1. The van der Waals surface area contributed by atoms with E-state index < -0.39 is 0 Å². The standard InChI is InChI=1S/C10H11N3O3/c1-14-8-4-6(3-7(11)5-8)9-12-13-10(15-2)16-9/h3-5H,11H2,1-2H3. The molecule has 1 aromatic carbocycles. The molecule has 0 aliphatic carbocycles. The van der Waals surface area contributed by atoms with Crippen LogP contribution in [0.1, 0.15) is 0 Å². The number of nitrogens with zero attached hydrogens (tertiary/aromatic N) is 2. The molecule has 16 heavy (non-hydrogen) atoms. The Morgan fingerprint density at radius 2 is 1.94 bits per heavy atom. The Bertz CT molecular complexity index is 496. The zero-order valence-corrected chi connectivity index (χ0v) is 8.93. The summed E-state index contributed by atoms with van der Waals surface area (Å²) in [6, 6.07) is 5.18. The first-order valence-corrected chi connectivity index (χ1v) is 4.55. The number of ether oxygens (including phenoxy) is 2. The number of benzene rings is 1. The van der Waals surface area contributed by atoms with Crippen LogP contribution in [0.4, 0.5) is 5.69 Å². The zero-order valence-electron chi connectivity index (χ0n) is 8.93. The quantitative estimate of drug-likeness (QED) is 0.787. The van der Waals surface area contributed by atoms with Gasteiger partial charge in [0.25, 0.3) is 5.89 Å². The third-order valence-electron chi connectivity index (χ3n) is 1.99. The largest absolute Gasteiger partial charge is 0.497 e. The topological polar surface area (TPSA) is 83.4 Å².